The number of benzene rings is 1. The molecule has 1 saturated heterocycles. The maximum absolute atomic E-state index is 9.99. The Morgan fingerprint density at radius 1 is 1.41 bits per heavy atom. The summed E-state index contributed by atoms with van der Waals surface area (Å²) in [6.45, 7) is 0. The Morgan fingerprint density at radius 2 is 2.18 bits per heavy atom. The fourth-order valence-corrected chi connectivity index (χ4v) is 1.90. The number of hydrogen-bond acceptors (Lipinski definition) is 4. The molecule has 88 valence electrons. The second-order valence-corrected chi connectivity index (χ2v) is 3.96. The SMILES string of the molecule is [2H]N1C2([2H])NC=C(c3ccccc3)C=C2N(C)C1([2H])O. The molecule has 4 heteroatoms. The van der Waals surface area contributed by atoms with Crippen LogP contribution in [0.3, 0.4) is 0 Å². The molecule has 0 aromatic heterocycles. The van der Waals surface area contributed by atoms with Crippen molar-refractivity contribution in [2.75, 3.05) is 7.05 Å². The van der Waals surface area contributed by atoms with Crippen LogP contribution >= 0.6 is 0 Å². The molecule has 0 aliphatic carbocycles. The van der Waals surface area contributed by atoms with Crippen LogP contribution in [-0.4, -0.2) is 29.5 Å². The monoisotopic (exact) mass is 232 g/mol. The highest BCUT2D eigenvalue weighted by molar-refractivity contribution is 5.75. The van der Waals surface area contributed by atoms with Gasteiger partial charge in [-0.1, -0.05) is 30.3 Å². The molecular weight excluding hydrogens is 214 g/mol. The lowest BCUT2D eigenvalue weighted by Gasteiger charge is -2.22. The van der Waals surface area contributed by atoms with Crippen molar-refractivity contribution in [3.8, 4) is 0 Å². The van der Waals surface area contributed by atoms with Crippen LogP contribution in [0, 0.1) is 0 Å². The molecule has 2 atom stereocenters. The van der Waals surface area contributed by atoms with E-state index >= 15 is 0 Å². The highest BCUT2D eigenvalue weighted by Crippen LogP contribution is 2.26. The molecular formula is C13H15N3O. The predicted molar refractivity (Wildman–Crippen MR) is 66.3 cm³/mol. The third kappa shape index (κ3) is 1.71. The van der Waals surface area contributed by atoms with Gasteiger partial charge in [-0.3, -0.25) is 0 Å². The van der Waals surface area contributed by atoms with Crippen LogP contribution < -0.4 is 10.6 Å². The maximum atomic E-state index is 9.99. The van der Waals surface area contributed by atoms with Crippen molar-refractivity contribution in [3.05, 3.63) is 53.9 Å². The first-order chi connectivity index (χ1) is 9.37. The van der Waals surface area contributed by atoms with Gasteiger partial charge >= 0.3 is 0 Å². The van der Waals surface area contributed by atoms with Crippen molar-refractivity contribution in [1.82, 2.24) is 15.5 Å². The van der Waals surface area contributed by atoms with Crippen LogP contribution in [0.25, 0.3) is 5.57 Å². The molecule has 2 aliphatic heterocycles. The first-order valence-electron chi connectivity index (χ1n) is 6.83. The van der Waals surface area contributed by atoms with Crippen LogP contribution in [0.15, 0.2) is 48.3 Å². The summed E-state index contributed by atoms with van der Waals surface area (Å²) >= 11 is 0. The molecule has 2 unspecified atom stereocenters. The van der Waals surface area contributed by atoms with E-state index in [9.17, 15) is 5.11 Å². The molecule has 1 aromatic rings. The molecule has 1 aromatic carbocycles. The Kier molecular flexibility index (Phi) is 1.73. The normalized spacial score (nSPS) is 39.4. The third-order valence-corrected chi connectivity index (χ3v) is 2.88. The molecule has 0 spiro atoms. The fraction of sp³-hybridized carbons (Fsp3) is 0.231. The summed E-state index contributed by atoms with van der Waals surface area (Å²) in [5.41, 5.74) is 2.15. The summed E-state index contributed by atoms with van der Waals surface area (Å²) in [6.07, 6.45) is -0.598. The highest BCUT2D eigenvalue weighted by Gasteiger charge is 2.32. The van der Waals surface area contributed by atoms with Gasteiger partial charge in [-0.25, -0.2) is 5.31 Å². The fourth-order valence-electron chi connectivity index (χ4n) is 1.90. The van der Waals surface area contributed by atoms with E-state index in [1.807, 2.05) is 30.3 Å². The van der Waals surface area contributed by atoms with E-state index in [0.717, 1.165) is 11.1 Å². The quantitative estimate of drug-likeness (QED) is 0.665. The van der Waals surface area contributed by atoms with Crippen LogP contribution in [-0.2, 0) is 0 Å². The summed E-state index contributed by atoms with van der Waals surface area (Å²) in [6, 6.07) is 9.60. The minimum absolute atomic E-state index is 0.353. The van der Waals surface area contributed by atoms with Gasteiger partial charge in [0.05, 0.1) is 7.07 Å². The van der Waals surface area contributed by atoms with Crippen molar-refractivity contribution in [1.29, 1.82) is 0 Å². The van der Waals surface area contributed by atoms with E-state index in [1.165, 1.54) is 11.9 Å². The number of rotatable bonds is 1. The first kappa shape index (κ1) is 7.53. The molecule has 4 nitrogen and oxygen atoms in total. The van der Waals surface area contributed by atoms with Crippen LogP contribution in [0.4, 0.5) is 0 Å². The van der Waals surface area contributed by atoms with Crippen molar-refractivity contribution >= 4 is 5.57 Å². The van der Waals surface area contributed by atoms with Crippen LogP contribution in [0.2, 0.25) is 1.41 Å². The number of aliphatic hydroxyl groups is 1. The molecule has 0 amide bonds. The number of nitrogens with zero attached hydrogens (tertiary/aromatic N) is 1. The standard InChI is InChI=1S/C13H15N3O/c1-16-11-7-10(9-5-3-2-4-6-9)8-14-12(11)15-13(16)17/h2-8,12-15,17H,1H3/i12D,13D/hD. The van der Waals surface area contributed by atoms with Crippen molar-refractivity contribution in [3.63, 3.8) is 0 Å². The van der Waals surface area contributed by atoms with E-state index < -0.39 is 12.5 Å². The molecule has 2 aliphatic rings. The second kappa shape index (κ2) is 3.91. The Bertz CT molecular complexity index is 602. The maximum Gasteiger partial charge on any atom is 0.185 e. The topological polar surface area (TPSA) is 47.5 Å². The highest BCUT2D eigenvalue weighted by atomic mass is 16.3. The number of hydrogen-bond donors (Lipinski definition) is 3. The lowest BCUT2D eigenvalue weighted by Crippen LogP contribution is -2.40. The van der Waals surface area contributed by atoms with Crippen LogP contribution in [0.1, 0.15) is 8.30 Å². The van der Waals surface area contributed by atoms with Gasteiger partial charge in [-0.05, 0) is 17.2 Å². The molecule has 1 fully saturated rings. The van der Waals surface area contributed by atoms with E-state index in [4.69, 9.17) is 4.15 Å². The lowest BCUT2D eigenvalue weighted by molar-refractivity contribution is 0.0487. The number of allylic oxidation sites excluding steroid dienone is 2. The molecule has 2 heterocycles. The minimum atomic E-state index is -2.28. The van der Waals surface area contributed by atoms with Gasteiger partial charge in [0, 0.05) is 13.2 Å². The van der Waals surface area contributed by atoms with Gasteiger partial charge in [0.15, 0.2) is 6.33 Å². The van der Waals surface area contributed by atoms with Gasteiger partial charge in [0.2, 0.25) is 0 Å². The third-order valence-electron chi connectivity index (χ3n) is 2.88. The largest absolute Gasteiger partial charge is 0.370 e. The Balaban J connectivity index is 2.05. The number of nitrogens with one attached hydrogen (secondary N) is 2. The Hall–Kier alpha value is -1.78. The molecule has 17 heavy (non-hydrogen) atoms. The smallest absolute Gasteiger partial charge is 0.185 e. The van der Waals surface area contributed by atoms with E-state index in [1.54, 1.807) is 12.3 Å². The first-order valence-corrected chi connectivity index (χ1v) is 5.38. The zero-order valence-corrected chi connectivity index (χ0v) is 9.38. The van der Waals surface area contributed by atoms with E-state index in [0.29, 0.717) is 11.0 Å². The van der Waals surface area contributed by atoms with Gasteiger partial charge in [-0.15, -0.1) is 0 Å². The minimum Gasteiger partial charge on any atom is -0.370 e. The molecule has 3 rings (SSSR count). The average Bonchev–Trinajstić information content (AvgIpc) is 2.59. The Labute approximate surface area is 105 Å². The molecule has 3 N–H and O–H groups in total. The lowest BCUT2D eigenvalue weighted by atomic mass is 10.0. The summed E-state index contributed by atoms with van der Waals surface area (Å²) in [4.78, 5) is 1.20. The summed E-state index contributed by atoms with van der Waals surface area (Å²) < 4.78 is 23.9. The van der Waals surface area contributed by atoms with Crippen LogP contribution in [0.5, 0.6) is 0 Å². The van der Waals surface area contributed by atoms with E-state index in [-0.39, 0.29) is 0 Å². The van der Waals surface area contributed by atoms with Gasteiger partial charge in [0.25, 0.3) is 0 Å². The predicted octanol–water partition coefficient (Wildman–Crippen LogP) is 0.652. The van der Waals surface area contributed by atoms with Crippen molar-refractivity contribution in [2.45, 2.75) is 12.5 Å². The average molecular weight is 232 g/mol. The molecule has 0 saturated carbocycles. The Morgan fingerprint density at radius 3 is 2.94 bits per heavy atom. The molecule has 0 radical (unpaired) electrons. The summed E-state index contributed by atoms with van der Waals surface area (Å²) in [5.74, 6) is 0. The molecule has 0 bridgehead atoms. The summed E-state index contributed by atoms with van der Waals surface area (Å²) in [7, 11) is 1.49. The second-order valence-electron chi connectivity index (χ2n) is 3.96. The zero-order valence-electron chi connectivity index (χ0n) is 12.4. The van der Waals surface area contributed by atoms with E-state index in [2.05, 4.69) is 5.32 Å². The number of likely N-dealkylation sites (N-methyl/N-ethyl adjacent to an activating group) is 1. The van der Waals surface area contributed by atoms with Crippen molar-refractivity contribution < 1.29 is 9.26 Å². The number of fused-ring (bicyclic) bond motifs is 1. The van der Waals surface area contributed by atoms with Crippen molar-refractivity contribution in [2.24, 2.45) is 0 Å². The van der Waals surface area contributed by atoms with Gasteiger partial charge in [-0.2, -0.15) is 0 Å². The van der Waals surface area contributed by atoms with Gasteiger partial charge < -0.3 is 15.3 Å². The van der Waals surface area contributed by atoms with Gasteiger partial charge in [0.1, 0.15) is 8.92 Å². The number of dihydropyridines is 1. The zero-order chi connectivity index (χ0) is 14.5. The summed E-state index contributed by atoms with van der Waals surface area (Å²) in [5, 5.41) is 13.3.